The Balaban J connectivity index is 1.32. The highest BCUT2D eigenvalue weighted by Crippen LogP contribution is 2.30. The second kappa shape index (κ2) is 9.30. The van der Waals surface area contributed by atoms with Crippen molar-refractivity contribution in [2.45, 2.75) is 12.8 Å². The number of ether oxygens (including phenoxy) is 1. The lowest BCUT2D eigenvalue weighted by Gasteiger charge is -2.16. The van der Waals surface area contributed by atoms with E-state index in [0.29, 0.717) is 28.2 Å². The molecule has 1 aliphatic rings. The fourth-order valence-electron chi connectivity index (χ4n) is 3.79. The average Bonchev–Trinajstić information content (AvgIpc) is 3.36. The van der Waals surface area contributed by atoms with Gasteiger partial charge < -0.3 is 20.3 Å². The number of nitrogens with zero attached hydrogens (tertiary/aromatic N) is 3. The number of hydrogen-bond acceptors (Lipinski definition) is 5. The van der Waals surface area contributed by atoms with Crippen LogP contribution in [-0.4, -0.2) is 29.1 Å². The first-order chi connectivity index (χ1) is 16.5. The summed E-state index contributed by atoms with van der Waals surface area (Å²) in [6, 6.07) is 14.0. The van der Waals surface area contributed by atoms with Crippen LogP contribution in [0.2, 0.25) is 0 Å². The van der Waals surface area contributed by atoms with E-state index in [-0.39, 0.29) is 5.75 Å². The van der Waals surface area contributed by atoms with E-state index in [4.69, 9.17) is 4.74 Å². The molecule has 2 N–H and O–H groups in total. The van der Waals surface area contributed by atoms with Crippen molar-refractivity contribution < 1.29 is 18.3 Å². The molecular weight excluding hydrogens is 440 g/mol. The molecule has 4 aromatic rings. The Bertz CT molecular complexity index is 1360. The largest absolute Gasteiger partial charge is 0.454 e. The molecule has 1 aliphatic heterocycles. The molecule has 2 amide bonds. The quantitative estimate of drug-likeness (QED) is 0.384. The molecule has 172 valence electrons. The van der Waals surface area contributed by atoms with E-state index in [1.54, 1.807) is 30.5 Å². The predicted molar refractivity (Wildman–Crippen MR) is 127 cm³/mol. The molecule has 5 rings (SSSR count). The number of hydrogen-bond donors (Lipinski definition) is 2. The van der Waals surface area contributed by atoms with Gasteiger partial charge in [-0.2, -0.15) is 0 Å². The maximum absolute atomic E-state index is 14.4. The minimum atomic E-state index is -0.599. The normalized spacial score (nSPS) is 13.2. The van der Waals surface area contributed by atoms with Gasteiger partial charge in [-0.1, -0.05) is 6.07 Å². The molecule has 0 atom stereocenters. The highest BCUT2D eigenvalue weighted by atomic mass is 19.1. The number of amides is 2. The van der Waals surface area contributed by atoms with Gasteiger partial charge in [-0.05, 0) is 55.3 Å². The van der Waals surface area contributed by atoms with Gasteiger partial charge in [-0.25, -0.2) is 18.6 Å². The summed E-state index contributed by atoms with van der Waals surface area (Å²) >= 11 is 0. The summed E-state index contributed by atoms with van der Waals surface area (Å²) in [4.78, 5) is 23.6. The van der Waals surface area contributed by atoms with Crippen molar-refractivity contribution >= 4 is 34.3 Å². The molecule has 0 saturated carbocycles. The van der Waals surface area contributed by atoms with Crippen molar-refractivity contribution in [1.29, 1.82) is 0 Å². The van der Waals surface area contributed by atoms with Crippen molar-refractivity contribution in [3.8, 4) is 11.5 Å². The molecule has 0 bridgehead atoms. The molecular formula is C25H21F2N5O2. The maximum Gasteiger partial charge on any atom is 0.323 e. The zero-order chi connectivity index (χ0) is 23.5. The SMILES string of the molecule is O=C(Nc1cccc(F)c1)Nc1ccc(F)c(Oc2ccc3ncc(N4CCCC4)nc3c2)c1. The van der Waals surface area contributed by atoms with Crippen molar-refractivity contribution in [2.75, 3.05) is 28.6 Å². The molecule has 0 unspecified atom stereocenters. The molecule has 0 radical (unpaired) electrons. The number of benzene rings is 3. The number of carbonyl (C=O) groups excluding carboxylic acids is 1. The summed E-state index contributed by atoms with van der Waals surface area (Å²) in [7, 11) is 0. The minimum Gasteiger partial charge on any atom is -0.454 e. The second-order valence-corrected chi connectivity index (χ2v) is 7.91. The number of fused-ring (bicyclic) bond motifs is 1. The van der Waals surface area contributed by atoms with Crippen LogP contribution in [0.15, 0.2) is 66.9 Å². The molecule has 9 heteroatoms. The Labute approximate surface area is 194 Å². The zero-order valence-corrected chi connectivity index (χ0v) is 18.1. The summed E-state index contributed by atoms with van der Waals surface area (Å²) in [6.07, 6.45) is 4.03. The van der Waals surface area contributed by atoms with Crippen LogP contribution in [0.5, 0.6) is 11.5 Å². The predicted octanol–water partition coefficient (Wildman–Crippen LogP) is 5.94. The first-order valence-electron chi connectivity index (χ1n) is 10.9. The third-order valence-electron chi connectivity index (χ3n) is 5.43. The van der Waals surface area contributed by atoms with Crippen LogP contribution in [0.4, 0.5) is 30.8 Å². The number of rotatable bonds is 5. The highest BCUT2D eigenvalue weighted by molar-refractivity contribution is 5.99. The summed E-state index contributed by atoms with van der Waals surface area (Å²) < 4.78 is 33.5. The number of urea groups is 1. The van der Waals surface area contributed by atoms with Gasteiger partial charge in [0.25, 0.3) is 0 Å². The first kappa shape index (κ1) is 21.6. The first-order valence-corrected chi connectivity index (χ1v) is 10.9. The van der Waals surface area contributed by atoms with E-state index in [9.17, 15) is 13.6 Å². The Hall–Kier alpha value is -4.27. The van der Waals surface area contributed by atoms with Gasteiger partial charge >= 0.3 is 6.03 Å². The third kappa shape index (κ3) is 4.88. The van der Waals surface area contributed by atoms with E-state index in [1.165, 1.54) is 36.4 Å². The molecule has 34 heavy (non-hydrogen) atoms. The van der Waals surface area contributed by atoms with Crippen molar-refractivity contribution in [3.63, 3.8) is 0 Å². The van der Waals surface area contributed by atoms with Crippen molar-refractivity contribution in [2.24, 2.45) is 0 Å². The summed E-state index contributed by atoms with van der Waals surface area (Å²) in [5, 5.41) is 5.10. The zero-order valence-electron chi connectivity index (χ0n) is 18.1. The van der Waals surface area contributed by atoms with Gasteiger partial charge in [0.2, 0.25) is 0 Å². The summed E-state index contributed by atoms with van der Waals surface area (Å²) in [5.74, 6) is 0.0759. The smallest absolute Gasteiger partial charge is 0.323 e. The summed E-state index contributed by atoms with van der Waals surface area (Å²) in [5.41, 5.74) is 1.95. The van der Waals surface area contributed by atoms with Gasteiger partial charge in [0.1, 0.15) is 17.4 Å². The molecule has 3 aromatic carbocycles. The molecule has 0 aliphatic carbocycles. The standard InChI is InChI=1S/C25H21F2N5O2/c26-16-4-3-5-17(12-16)29-25(33)30-18-6-8-20(27)23(13-18)34-19-7-9-21-22(14-19)31-24(15-28-21)32-10-1-2-11-32/h3-9,12-15H,1-2,10-11H2,(H2,29,30,33). The maximum atomic E-state index is 14.4. The molecule has 1 aromatic heterocycles. The van der Waals surface area contributed by atoms with E-state index < -0.39 is 17.7 Å². The van der Waals surface area contributed by atoms with Gasteiger partial charge in [0, 0.05) is 36.6 Å². The number of nitrogens with one attached hydrogen (secondary N) is 2. The van der Waals surface area contributed by atoms with E-state index >= 15 is 0 Å². The lowest BCUT2D eigenvalue weighted by atomic mass is 10.2. The minimum absolute atomic E-state index is 0.0634. The summed E-state index contributed by atoms with van der Waals surface area (Å²) in [6.45, 7) is 1.91. The molecule has 0 spiro atoms. The lowest BCUT2D eigenvalue weighted by molar-refractivity contribution is 0.262. The van der Waals surface area contributed by atoms with Crippen LogP contribution in [0.3, 0.4) is 0 Å². The topological polar surface area (TPSA) is 79.4 Å². The third-order valence-corrected chi connectivity index (χ3v) is 5.43. The number of anilines is 3. The van der Waals surface area contributed by atoms with Gasteiger partial charge in [-0.3, -0.25) is 4.98 Å². The van der Waals surface area contributed by atoms with Gasteiger partial charge in [0.05, 0.1) is 17.2 Å². The number of aromatic nitrogens is 2. The second-order valence-electron chi connectivity index (χ2n) is 7.91. The highest BCUT2D eigenvalue weighted by Gasteiger charge is 2.15. The fourth-order valence-corrected chi connectivity index (χ4v) is 3.79. The lowest BCUT2D eigenvalue weighted by Crippen LogP contribution is -2.19. The van der Waals surface area contributed by atoms with Crippen LogP contribution < -0.4 is 20.3 Å². The van der Waals surface area contributed by atoms with Crippen molar-refractivity contribution in [1.82, 2.24) is 9.97 Å². The molecule has 1 fully saturated rings. The Morgan fingerprint density at radius 1 is 0.912 bits per heavy atom. The molecule has 2 heterocycles. The molecule has 7 nitrogen and oxygen atoms in total. The van der Waals surface area contributed by atoms with E-state index in [2.05, 4.69) is 25.5 Å². The monoisotopic (exact) mass is 461 g/mol. The van der Waals surface area contributed by atoms with Crippen LogP contribution in [0.25, 0.3) is 11.0 Å². The average molecular weight is 461 g/mol. The van der Waals surface area contributed by atoms with E-state index in [1.807, 2.05) is 0 Å². The Morgan fingerprint density at radius 2 is 1.71 bits per heavy atom. The fraction of sp³-hybridized carbons (Fsp3) is 0.160. The Morgan fingerprint density at radius 3 is 2.50 bits per heavy atom. The van der Waals surface area contributed by atoms with Crippen LogP contribution >= 0.6 is 0 Å². The van der Waals surface area contributed by atoms with Crippen LogP contribution in [0.1, 0.15) is 12.8 Å². The van der Waals surface area contributed by atoms with Crippen molar-refractivity contribution in [3.05, 3.63) is 78.5 Å². The van der Waals surface area contributed by atoms with Gasteiger partial charge in [-0.15, -0.1) is 0 Å². The number of halogens is 2. The van der Waals surface area contributed by atoms with Crippen LogP contribution in [-0.2, 0) is 0 Å². The van der Waals surface area contributed by atoms with Crippen LogP contribution in [0, 0.1) is 11.6 Å². The molecule has 1 saturated heterocycles. The Kier molecular flexibility index (Phi) is 5.90. The van der Waals surface area contributed by atoms with E-state index in [0.717, 1.165) is 31.7 Å². The van der Waals surface area contributed by atoms with Gasteiger partial charge in [0.15, 0.2) is 11.6 Å². The number of carbonyl (C=O) groups is 1.